The Bertz CT molecular complexity index is 1310. The van der Waals surface area contributed by atoms with E-state index in [1.807, 2.05) is 25.1 Å². The first-order valence-electron chi connectivity index (χ1n) is 10.5. The summed E-state index contributed by atoms with van der Waals surface area (Å²) in [5, 5.41) is 0.495. The maximum absolute atomic E-state index is 13.4. The van der Waals surface area contributed by atoms with Crippen LogP contribution in [0.5, 0.6) is 5.75 Å². The minimum Gasteiger partial charge on any atom is -0.496 e. The van der Waals surface area contributed by atoms with E-state index in [1.54, 1.807) is 31.4 Å². The number of fused-ring (bicyclic) bond motifs is 1. The van der Waals surface area contributed by atoms with Crippen molar-refractivity contribution in [3.05, 3.63) is 65.4 Å². The zero-order chi connectivity index (χ0) is 21.8. The van der Waals surface area contributed by atoms with Crippen molar-refractivity contribution in [2.24, 2.45) is 0 Å². The minimum atomic E-state index is -4.07. The monoisotopic (exact) mass is 436 g/mol. The van der Waals surface area contributed by atoms with Crippen molar-refractivity contribution >= 4 is 26.8 Å². The molecule has 0 aliphatic heterocycles. The molecule has 0 saturated heterocycles. The molecule has 1 amide bonds. The second-order valence-corrected chi connectivity index (χ2v) is 10.1. The average molecular weight is 437 g/mol. The lowest BCUT2D eigenvalue weighted by atomic mass is 9.88. The molecule has 1 heterocycles. The summed E-state index contributed by atoms with van der Waals surface area (Å²) in [4.78, 5) is 17.9. The van der Waals surface area contributed by atoms with Crippen LogP contribution in [0.25, 0.3) is 10.9 Å². The van der Waals surface area contributed by atoms with Gasteiger partial charge in [0.1, 0.15) is 5.75 Å². The molecule has 160 valence electrons. The van der Waals surface area contributed by atoms with Crippen LogP contribution in [0.15, 0.2) is 53.4 Å². The summed E-state index contributed by atoms with van der Waals surface area (Å²) in [5.41, 5.74) is 2.47. The SMILES string of the molecule is COc1cccc(C2CC2)c1C1(C(=O)NS(=O)(=O)c2cccc3nc(C)ccc23)CC1. The Hall–Kier alpha value is -2.93. The van der Waals surface area contributed by atoms with Crippen LogP contribution in [-0.4, -0.2) is 26.4 Å². The standard InChI is InChI=1S/C24H24N2O4S/c1-15-9-12-18-19(25-15)6-4-8-21(18)31(28,29)26-23(27)24(13-14-24)22-17(16-10-11-16)5-3-7-20(22)30-2/h3-9,12,16H,10-11,13-14H2,1-2H3,(H,26,27). The number of ether oxygens (including phenoxy) is 1. The number of methoxy groups -OCH3 is 1. The Balaban J connectivity index is 1.53. The molecule has 7 heteroatoms. The minimum absolute atomic E-state index is 0.0593. The number of nitrogens with one attached hydrogen (secondary N) is 1. The molecule has 5 rings (SSSR count). The zero-order valence-corrected chi connectivity index (χ0v) is 18.3. The van der Waals surface area contributed by atoms with Gasteiger partial charge in [-0.1, -0.05) is 18.2 Å². The van der Waals surface area contributed by atoms with Gasteiger partial charge in [0.2, 0.25) is 5.91 Å². The average Bonchev–Trinajstić information content (AvgIpc) is 3.66. The van der Waals surface area contributed by atoms with Gasteiger partial charge in [-0.2, -0.15) is 0 Å². The summed E-state index contributed by atoms with van der Waals surface area (Å²) in [5.74, 6) is 0.578. The fraction of sp³-hybridized carbons (Fsp3) is 0.333. The van der Waals surface area contributed by atoms with E-state index in [2.05, 4.69) is 9.71 Å². The number of hydrogen-bond acceptors (Lipinski definition) is 5. The van der Waals surface area contributed by atoms with Crippen LogP contribution >= 0.6 is 0 Å². The van der Waals surface area contributed by atoms with Crippen molar-refractivity contribution in [3.8, 4) is 5.75 Å². The maximum atomic E-state index is 13.4. The fourth-order valence-electron chi connectivity index (χ4n) is 4.42. The van der Waals surface area contributed by atoms with Gasteiger partial charge >= 0.3 is 0 Å². The lowest BCUT2D eigenvalue weighted by Crippen LogP contribution is -2.39. The van der Waals surface area contributed by atoms with Crippen LogP contribution in [0.2, 0.25) is 0 Å². The molecule has 31 heavy (non-hydrogen) atoms. The first-order chi connectivity index (χ1) is 14.9. The number of carbonyl (C=O) groups is 1. The molecule has 0 radical (unpaired) electrons. The molecule has 0 unspecified atom stereocenters. The summed E-state index contributed by atoms with van der Waals surface area (Å²) >= 11 is 0. The zero-order valence-electron chi connectivity index (χ0n) is 17.5. The number of benzene rings is 2. The van der Waals surface area contributed by atoms with E-state index in [0.717, 1.165) is 29.7 Å². The fourth-order valence-corrected chi connectivity index (χ4v) is 5.69. The highest BCUT2D eigenvalue weighted by atomic mass is 32.2. The molecule has 2 aromatic carbocycles. The smallest absolute Gasteiger partial charge is 0.264 e. The van der Waals surface area contributed by atoms with Crippen LogP contribution in [-0.2, 0) is 20.2 Å². The largest absolute Gasteiger partial charge is 0.496 e. The molecule has 1 aromatic heterocycles. The van der Waals surface area contributed by atoms with Gasteiger partial charge in [-0.05, 0) is 74.4 Å². The van der Waals surface area contributed by atoms with Crippen molar-refractivity contribution in [1.82, 2.24) is 9.71 Å². The van der Waals surface area contributed by atoms with Gasteiger partial charge in [0, 0.05) is 16.6 Å². The van der Waals surface area contributed by atoms with E-state index in [9.17, 15) is 13.2 Å². The third-order valence-corrected chi connectivity index (χ3v) is 7.70. The van der Waals surface area contributed by atoms with E-state index in [4.69, 9.17) is 4.74 Å². The molecule has 2 aliphatic rings. The number of aromatic nitrogens is 1. The summed E-state index contributed by atoms with van der Waals surface area (Å²) in [6.45, 7) is 1.85. The predicted octanol–water partition coefficient (Wildman–Crippen LogP) is 3.97. The first-order valence-corrected chi connectivity index (χ1v) is 11.9. The highest BCUT2D eigenvalue weighted by Gasteiger charge is 2.55. The number of aryl methyl sites for hydroxylation is 1. The van der Waals surface area contributed by atoms with Crippen LogP contribution in [0.1, 0.15) is 48.4 Å². The molecular weight excluding hydrogens is 412 g/mol. The number of pyridine rings is 1. The Morgan fingerprint density at radius 2 is 1.84 bits per heavy atom. The number of amides is 1. The van der Waals surface area contributed by atoms with Crippen LogP contribution in [0.3, 0.4) is 0 Å². The van der Waals surface area contributed by atoms with E-state index in [1.165, 1.54) is 6.07 Å². The van der Waals surface area contributed by atoms with Gasteiger partial charge in [0.25, 0.3) is 10.0 Å². The predicted molar refractivity (Wildman–Crippen MR) is 118 cm³/mol. The normalized spacial score (nSPS) is 17.4. The van der Waals surface area contributed by atoms with Gasteiger partial charge in [-0.25, -0.2) is 13.1 Å². The summed E-state index contributed by atoms with van der Waals surface area (Å²) < 4.78 is 34.4. The number of nitrogens with zero attached hydrogens (tertiary/aromatic N) is 1. The topological polar surface area (TPSA) is 85.4 Å². The van der Waals surface area contributed by atoms with Gasteiger partial charge in [-0.3, -0.25) is 9.78 Å². The van der Waals surface area contributed by atoms with Crippen molar-refractivity contribution in [1.29, 1.82) is 0 Å². The van der Waals surface area contributed by atoms with E-state index >= 15 is 0 Å². The molecule has 3 aromatic rings. The Morgan fingerprint density at radius 1 is 1.10 bits per heavy atom. The van der Waals surface area contributed by atoms with Crippen molar-refractivity contribution in [3.63, 3.8) is 0 Å². The first kappa shape index (κ1) is 20.0. The number of hydrogen-bond donors (Lipinski definition) is 1. The highest BCUT2D eigenvalue weighted by molar-refractivity contribution is 7.90. The van der Waals surface area contributed by atoms with Crippen LogP contribution < -0.4 is 9.46 Å². The number of sulfonamides is 1. The van der Waals surface area contributed by atoms with Gasteiger partial charge in [0.15, 0.2) is 0 Å². The summed E-state index contributed by atoms with van der Waals surface area (Å²) in [7, 11) is -2.48. The Kier molecular flexibility index (Phi) is 4.55. The van der Waals surface area contributed by atoms with Gasteiger partial charge in [0.05, 0.1) is 22.9 Å². The number of carbonyl (C=O) groups excluding carboxylic acids is 1. The molecule has 2 aliphatic carbocycles. The quantitative estimate of drug-likeness (QED) is 0.632. The van der Waals surface area contributed by atoms with E-state index in [-0.39, 0.29) is 4.90 Å². The van der Waals surface area contributed by atoms with Gasteiger partial charge < -0.3 is 4.74 Å². The molecule has 1 N–H and O–H groups in total. The van der Waals surface area contributed by atoms with E-state index < -0.39 is 21.3 Å². The number of rotatable bonds is 6. The van der Waals surface area contributed by atoms with Crippen LogP contribution in [0, 0.1) is 6.92 Å². The molecular formula is C24H24N2O4S. The highest BCUT2D eigenvalue weighted by Crippen LogP contribution is 2.56. The Morgan fingerprint density at radius 3 is 2.52 bits per heavy atom. The van der Waals surface area contributed by atoms with Crippen molar-refractivity contribution in [2.45, 2.75) is 48.8 Å². The second-order valence-electron chi connectivity index (χ2n) is 8.49. The molecule has 0 bridgehead atoms. The maximum Gasteiger partial charge on any atom is 0.264 e. The third-order valence-electron chi connectivity index (χ3n) is 6.31. The molecule has 0 atom stereocenters. The van der Waals surface area contributed by atoms with Crippen LogP contribution in [0.4, 0.5) is 0 Å². The Labute approximate surface area is 181 Å². The van der Waals surface area contributed by atoms with Crippen molar-refractivity contribution in [2.75, 3.05) is 7.11 Å². The lowest BCUT2D eigenvalue weighted by Gasteiger charge is -2.22. The summed E-state index contributed by atoms with van der Waals surface area (Å²) in [6, 6.07) is 14.2. The third kappa shape index (κ3) is 3.37. The van der Waals surface area contributed by atoms with Gasteiger partial charge in [-0.15, -0.1) is 0 Å². The molecule has 0 spiro atoms. The van der Waals surface area contributed by atoms with Crippen molar-refractivity contribution < 1.29 is 17.9 Å². The lowest BCUT2D eigenvalue weighted by molar-refractivity contribution is -0.121. The molecule has 6 nitrogen and oxygen atoms in total. The summed E-state index contributed by atoms with van der Waals surface area (Å²) in [6.07, 6.45) is 3.37. The molecule has 2 saturated carbocycles. The van der Waals surface area contributed by atoms with E-state index in [0.29, 0.717) is 35.4 Å². The molecule has 2 fully saturated rings. The second kappa shape index (κ2) is 7.05.